The van der Waals surface area contributed by atoms with Gasteiger partial charge < -0.3 is 9.84 Å². The molecule has 1 heterocycles. The molecule has 1 aromatic heterocycles. The molecule has 1 unspecified atom stereocenters. The number of rotatable bonds is 5. The summed E-state index contributed by atoms with van der Waals surface area (Å²) in [6.07, 6.45) is 1.73. The molecule has 4 nitrogen and oxygen atoms in total. The van der Waals surface area contributed by atoms with Gasteiger partial charge in [-0.05, 0) is 46.7 Å². The minimum atomic E-state index is -1.87. The molecule has 1 N–H and O–H groups in total. The molecule has 0 aliphatic carbocycles. The number of methoxy groups -OCH3 is 1. The van der Waals surface area contributed by atoms with Crippen LogP contribution in [0.25, 0.3) is 27.4 Å². The van der Waals surface area contributed by atoms with Gasteiger partial charge in [0, 0.05) is 10.9 Å². The minimum Gasteiger partial charge on any atom is -0.496 e. The molecule has 0 saturated heterocycles. The Kier molecular flexibility index (Phi) is 4.68. The largest absolute Gasteiger partial charge is 0.496 e. The molecule has 0 radical (unpaired) electrons. The Labute approximate surface area is 179 Å². The normalized spacial score (nSPS) is 13.4. The van der Waals surface area contributed by atoms with Crippen LogP contribution < -0.4 is 4.74 Å². The van der Waals surface area contributed by atoms with E-state index in [2.05, 4.69) is 5.10 Å². The van der Waals surface area contributed by atoms with Crippen molar-refractivity contribution in [2.75, 3.05) is 13.8 Å². The van der Waals surface area contributed by atoms with Gasteiger partial charge in [-0.3, -0.25) is 0 Å². The molecule has 0 saturated carbocycles. The summed E-state index contributed by atoms with van der Waals surface area (Å²) in [6.45, 7) is -0.990. The third kappa shape index (κ3) is 3.05. The van der Waals surface area contributed by atoms with Crippen molar-refractivity contribution in [1.29, 1.82) is 0 Å². The Morgan fingerprint density at radius 2 is 1.71 bits per heavy atom. The zero-order valence-corrected chi connectivity index (χ0v) is 17.0. The maximum Gasteiger partial charge on any atom is 0.147 e. The van der Waals surface area contributed by atoms with E-state index >= 15 is 0 Å². The molecule has 0 amide bonds. The molecule has 5 rings (SSSR count). The summed E-state index contributed by atoms with van der Waals surface area (Å²) in [5.74, 6) is 0.443. The Balaban J connectivity index is 1.71. The van der Waals surface area contributed by atoms with E-state index in [0.717, 1.165) is 27.4 Å². The van der Waals surface area contributed by atoms with Crippen LogP contribution in [0.3, 0.4) is 0 Å². The fourth-order valence-electron chi connectivity index (χ4n) is 4.20. The second-order valence-corrected chi connectivity index (χ2v) is 7.52. The number of aromatic nitrogens is 2. The lowest BCUT2D eigenvalue weighted by Crippen LogP contribution is -2.30. The molecule has 0 aliphatic rings. The van der Waals surface area contributed by atoms with E-state index in [9.17, 15) is 9.50 Å². The van der Waals surface area contributed by atoms with Gasteiger partial charge in [0.25, 0.3) is 0 Å². The maximum absolute atomic E-state index is 14.6. The van der Waals surface area contributed by atoms with E-state index in [1.165, 1.54) is 7.11 Å². The molecule has 0 fully saturated rings. The fourth-order valence-corrected chi connectivity index (χ4v) is 4.20. The molecule has 5 aromatic rings. The van der Waals surface area contributed by atoms with Crippen molar-refractivity contribution >= 4 is 21.7 Å². The topological polar surface area (TPSA) is 47.3 Å². The van der Waals surface area contributed by atoms with Crippen molar-refractivity contribution in [2.45, 2.75) is 5.60 Å². The van der Waals surface area contributed by atoms with E-state index in [0.29, 0.717) is 16.9 Å². The van der Waals surface area contributed by atoms with Crippen LogP contribution in [0.15, 0.2) is 91.1 Å². The van der Waals surface area contributed by atoms with Gasteiger partial charge in [-0.15, -0.1) is 0 Å². The molecule has 154 valence electrons. The average molecular weight is 412 g/mol. The van der Waals surface area contributed by atoms with Crippen LogP contribution in [-0.2, 0) is 5.60 Å². The number of nitrogens with zero attached hydrogens (tertiary/aromatic N) is 2. The number of benzene rings is 4. The zero-order chi connectivity index (χ0) is 21.4. The highest BCUT2D eigenvalue weighted by molar-refractivity contribution is 5.90. The summed E-state index contributed by atoms with van der Waals surface area (Å²) in [5, 5.41) is 18.6. The van der Waals surface area contributed by atoms with Crippen LogP contribution in [0, 0.1) is 0 Å². The standard InChI is InChI=1S/C26H21FN2O2/c1-31-24-14-11-18-7-5-6-10-22(18)25(24)26(30,17-27)20-12-13-23-19(15-20)16-28-29(23)21-8-3-2-4-9-21/h2-16,30H,17H2,1H3. The highest BCUT2D eigenvalue weighted by Crippen LogP contribution is 2.41. The van der Waals surface area contributed by atoms with Crippen molar-refractivity contribution in [3.8, 4) is 11.4 Å². The van der Waals surface area contributed by atoms with Crippen LogP contribution in [-0.4, -0.2) is 28.7 Å². The average Bonchev–Trinajstić information content (AvgIpc) is 3.26. The van der Waals surface area contributed by atoms with Crippen molar-refractivity contribution in [1.82, 2.24) is 9.78 Å². The summed E-state index contributed by atoms with van der Waals surface area (Å²) >= 11 is 0. The molecule has 4 aromatic carbocycles. The van der Waals surface area contributed by atoms with E-state index < -0.39 is 12.3 Å². The Bertz CT molecular complexity index is 1380. The second kappa shape index (κ2) is 7.52. The predicted molar refractivity (Wildman–Crippen MR) is 121 cm³/mol. The number of hydrogen-bond acceptors (Lipinski definition) is 3. The van der Waals surface area contributed by atoms with Crippen LogP contribution in [0.2, 0.25) is 0 Å². The monoisotopic (exact) mass is 412 g/mol. The molecule has 0 spiro atoms. The molecule has 1 atom stereocenters. The predicted octanol–water partition coefficient (Wildman–Crippen LogP) is 5.39. The van der Waals surface area contributed by atoms with Gasteiger partial charge in [0.1, 0.15) is 18.0 Å². The quantitative estimate of drug-likeness (QED) is 0.421. The lowest BCUT2D eigenvalue weighted by Gasteiger charge is -2.29. The number of ether oxygens (including phenoxy) is 1. The zero-order valence-electron chi connectivity index (χ0n) is 17.0. The third-order valence-electron chi connectivity index (χ3n) is 5.76. The van der Waals surface area contributed by atoms with Gasteiger partial charge in [0.2, 0.25) is 0 Å². The van der Waals surface area contributed by atoms with Gasteiger partial charge in [-0.2, -0.15) is 5.10 Å². The SMILES string of the molecule is COc1ccc2ccccc2c1C(O)(CF)c1ccc2c(cnn2-c2ccccc2)c1. The van der Waals surface area contributed by atoms with Gasteiger partial charge in [0.05, 0.1) is 24.5 Å². The number of aliphatic hydroxyl groups is 1. The van der Waals surface area contributed by atoms with Crippen molar-refractivity contribution < 1.29 is 14.2 Å². The molecule has 31 heavy (non-hydrogen) atoms. The number of fused-ring (bicyclic) bond motifs is 2. The van der Waals surface area contributed by atoms with Crippen LogP contribution in [0.1, 0.15) is 11.1 Å². The van der Waals surface area contributed by atoms with E-state index in [1.807, 2.05) is 71.4 Å². The van der Waals surface area contributed by atoms with Gasteiger partial charge in [0.15, 0.2) is 0 Å². The third-order valence-corrected chi connectivity index (χ3v) is 5.76. The van der Waals surface area contributed by atoms with Gasteiger partial charge >= 0.3 is 0 Å². The molecule has 5 heteroatoms. The Hall–Kier alpha value is -3.70. The van der Waals surface area contributed by atoms with Crippen molar-refractivity contribution in [3.05, 3.63) is 102 Å². The van der Waals surface area contributed by atoms with E-state index in [4.69, 9.17) is 4.74 Å². The first-order valence-electron chi connectivity index (χ1n) is 10.0. The van der Waals surface area contributed by atoms with Crippen molar-refractivity contribution in [2.24, 2.45) is 0 Å². The number of hydrogen-bond donors (Lipinski definition) is 1. The van der Waals surface area contributed by atoms with Crippen molar-refractivity contribution in [3.63, 3.8) is 0 Å². The number of halogens is 1. The smallest absolute Gasteiger partial charge is 0.147 e. The van der Waals surface area contributed by atoms with E-state index in [-0.39, 0.29) is 0 Å². The highest BCUT2D eigenvalue weighted by Gasteiger charge is 2.36. The summed E-state index contributed by atoms with van der Waals surface area (Å²) in [7, 11) is 1.53. The lowest BCUT2D eigenvalue weighted by molar-refractivity contribution is 0.0510. The summed E-state index contributed by atoms with van der Waals surface area (Å²) in [4.78, 5) is 0. The summed E-state index contributed by atoms with van der Waals surface area (Å²) in [6, 6.07) is 26.5. The molecular weight excluding hydrogens is 391 g/mol. The van der Waals surface area contributed by atoms with Gasteiger partial charge in [-0.1, -0.05) is 54.6 Å². The summed E-state index contributed by atoms with van der Waals surface area (Å²) < 4.78 is 22.0. The number of alkyl halides is 1. The molecule has 0 bridgehead atoms. The van der Waals surface area contributed by atoms with E-state index in [1.54, 1.807) is 24.4 Å². The molecule has 0 aliphatic heterocycles. The maximum atomic E-state index is 14.6. The fraction of sp³-hybridized carbons (Fsp3) is 0.115. The highest BCUT2D eigenvalue weighted by atomic mass is 19.1. The number of para-hydroxylation sites is 1. The Morgan fingerprint density at radius 1 is 0.935 bits per heavy atom. The second-order valence-electron chi connectivity index (χ2n) is 7.52. The van der Waals surface area contributed by atoms with Crippen LogP contribution >= 0.6 is 0 Å². The van der Waals surface area contributed by atoms with Gasteiger partial charge in [-0.25, -0.2) is 9.07 Å². The first-order chi connectivity index (χ1) is 15.2. The minimum absolute atomic E-state index is 0.422. The lowest BCUT2D eigenvalue weighted by atomic mass is 9.83. The molecular formula is C26H21FN2O2. The van der Waals surface area contributed by atoms with Crippen LogP contribution in [0.4, 0.5) is 4.39 Å². The summed E-state index contributed by atoms with van der Waals surface area (Å²) in [5.41, 5.74) is 0.813. The van der Waals surface area contributed by atoms with Crippen LogP contribution in [0.5, 0.6) is 5.75 Å². The first kappa shape index (κ1) is 19.3. The first-order valence-corrected chi connectivity index (χ1v) is 10.0. The Morgan fingerprint density at radius 3 is 2.48 bits per heavy atom.